The number of ether oxygens (including phenoxy) is 2. The number of carbonyl (C=O) groups excluding carboxylic acids is 2. The van der Waals surface area contributed by atoms with Gasteiger partial charge in [0.2, 0.25) is 5.78 Å². The number of amides is 1. The number of ketones is 1. The number of thiophene rings is 1. The molecule has 170 valence electrons. The van der Waals surface area contributed by atoms with E-state index in [4.69, 9.17) is 9.47 Å². The van der Waals surface area contributed by atoms with Crippen LogP contribution in [-0.2, 0) is 9.53 Å². The van der Waals surface area contributed by atoms with E-state index >= 15 is 0 Å². The molecule has 7 nitrogen and oxygen atoms in total. The Bertz CT molecular complexity index is 982. The molecule has 0 saturated carbocycles. The normalized spacial score (nSPS) is 19.6. The van der Waals surface area contributed by atoms with Gasteiger partial charge in [-0.1, -0.05) is 18.2 Å². The van der Waals surface area contributed by atoms with E-state index in [9.17, 15) is 14.7 Å². The molecule has 2 N–H and O–H groups in total. The second kappa shape index (κ2) is 10.3. The minimum Gasteiger partial charge on any atom is -0.503 e. The van der Waals surface area contributed by atoms with Crippen LogP contribution < -0.4 is 9.64 Å². The minimum atomic E-state index is -0.641. The van der Waals surface area contributed by atoms with Crippen molar-refractivity contribution in [2.45, 2.75) is 19.4 Å². The number of Topliss-reactive ketones (excluding diaryl/α,β-unsaturated/α-hetero) is 1. The molecule has 1 aromatic carbocycles. The number of quaternary nitrogens is 1. The van der Waals surface area contributed by atoms with Gasteiger partial charge in [-0.3, -0.25) is 9.59 Å². The summed E-state index contributed by atoms with van der Waals surface area (Å²) in [5, 5.41) is 12.6. The lowest BCUT2D eigenvalue weighted by Crippen LogP contribution is -3.14. The van der Waals surface area contributed by atoms with Gasteiger partial charge in [-0.25, -0.2) is 0 Å². The third-order valence-electron chi connectivity index (χ3n) is 5.91. The Kier molecular flexibility index (Phi) is 7.24. The monoisotopic (exact) mass is 457 g/mol. The highest BCUT2D eigenvalue weighted by molar-refractivity contribution is 7.12. The van der Waals surface area contributed by atoms with Crippen LogP contribution in [0.25, 0.3) is 0 Å². The molecule has 0 spiro atoms. The van der Waals surface area contributed by atoms with E-state index in [0.717, 1.165) is 44.8 Å². The van der Waals surface area contributed by atoms with Crippen molar-refractivity contribution in [3.05, 3.63) is 63.6 Å². The number of rotatable bonds is 9. The summed E-state index contributed by atoms with van der Waals surface area (Å²) in [6.07, 6.45) is 0.774. The number of aliphatic hydroxyl groups is 1. The molecule has 32 heavy (non-hydrogen) atoms. The van der Waals surface area contributed by atoms with Gasteiger partial charge < -0.3 is 24.4 Å². The van der Waals surface area contributed by atoms with Gasteiger partial charge in [0.15, 0.2) is 5.76 Å². The second-order valence-corrected chi connectivity index (χ2v) is 8.89. The number of morpholine rings is 1. The maximum atomic E-state index is 13.3. The Morgan fingerprint density at radius 1 is 1.28 bits per heavy atom. The van der Waals surface area contributed by atoms with E-state index in [1.807, 2.05) is 36.6 Å². The quantitative estimate of drug-likeness (QED) is 0.564. The van der Waals surface area contributed by atoms with Crippen LogP contribution in [0.5, 0.6) is 5.75 Å². The molecule has 1 amide bonds. The number of nitrogens with one attached hydrogen (secondary N) is 1. The molecule has 0 radical (unpaired) electrons. The number of hydrogen-bond donors (Lipinski definition) is 2. The summed E-state index contributed by atoms with van der Waals surface area (Å²) >= 11 is 1.30. The van der Waals surface area contributed by atoms with Crippen molar-refractivity contribution in [3.63, 3.8) is 0 Å². The molecule has 2 aromatic rings. The van der Waals surface area contributed by atoms with Gasteiger partial charge in [0.25, 0.3) is 5.91 Å². The zero-order valence-electron chi connectivity index (χ0n) is 18.2. The molecule has 0 aliphatic carbocycles. The first kappa shape index (κ1) is 22.5. The van der Waals surface area contributed by atoms with Gasteiger partial charge in [0.05, 0.1) is 42.9 Å². The van der Waals surface area contributed by atoms with Crippen molar-refractivity contribution in [2.24, 2.45) is 0 Å². The van der Waals surface area contributed by atoms with Crippen molar-refractivity contribution >= 4 is 23.0 Å². The molecular weight excluding hydrogens is 428 g/mol. The predicted molar refractivity (Wildman–Crippen MR) is 121 cm³/mol. The number of nitrogens with zero attached hydrogens (tertiary/aromatic N) is 1. The van der Waals surface area contributed by atoms with Gasteiger partial charge in [-0.2, -0.15) is 0 Å². The zero-order chi connectivity index (χ0) is 22.5. The standard InChI is InChI=1S/C24H28N2O5S/c1-2-31-18-7-3-6-17(16-18)21-20(22(27)19-8-4-15-32-19)23(28)24(29)26(21)10-5-9-25-11-13-30-14-12-25/h3-4,6-8,15-16,21,28H,2,5,9-14H2,1H3/p+1/t21-/m1/s1. The molecule has 1 fully saturated rings. The molecule has 2 aliphatic rings. The molecule has 0 bridgehead atoms. The molecule has 1 atom stereocenters. The largest absolute Gasteiger partial charge is 0.503 e. The van der Waals surface area contributed by atoms with Gasteiger partial charge in [-0.15, -0.1) is 11.3 Å². The van der Waals surface area contributed by atoms with Gasteiger partial charge in [0.1, 0.15) is 18.8 Å². The Balaban J connectivity index is 1.61. The van der Waals surface area contributed by atoms with Crippen LogP contribution in [0.2, 0.25) is 0 Å². The summed E-state index contributed by atoms with van der Waals surface area (Å²) in [4.78, 5) is 29.9. The molecule has 8 heteroatoms. The van der Waals surface area contributed by atoms with Crippen LogP contribution in [0, 0.1) is 0 Å². The Morgan fingerprint density at radius 2 is 2.09 bits per heavy atom. The van der Waals surface area contributed by atoms with E-state index in [-0.39, 0.29) is 11.4 Å². The maximum absolute atomic E-state index is 13.3. The van der Waals surface area contributed by atoms with E-state index in [1.165, 1.54) is 16.2 Å². The SMILES string of the molecule is CCOc1cccc([C@@H]2C(C(=O)c3cccs3)=C(O)C(=O)N2CCC[NH+]2CCOCC2)c1. The van der Waals surface area contributed by atoms with Crippen LogP contribution in [0.4, 0.5) is 0 Å². The number of carbonyl (C=O) groups is 2. The minimum absolute atomic E-state index is 0.143. The lowest BCUT2D eigenvalue weighted by Gasteiger charge is -2.28. The van der Waals surface area contributed by atoms with Crippen LogP contribution >= 0.6 is 11.3 Å². The number of aliphatic hydroxyl groups excluding tert-OH is 1. The lowest BCUT2D eigenvalue weighted by atomic mass is 9.95. The third-order valence-corrected chi connectivity index (χ3v) is 6.78. The topological polar surface area (TPSA) is 80.5 Å². The van der Waals surface area contributed by atoms with E-state index in [2.05, 4.69) is 0 Å². The lowest BCUT2D eigenvalue weighted by molar-refractivity contribution is -0.908. The molecule has 3 heterocycles. The highest BCUT2D eigenvalue weighted by Gasteiger charge is 2.44. The average Bonchev–Trinajstić information content (AvgIpc) is 3.43. The van der Waals surface area contributed by atoms with Crippen molar-refractivity contribution in [1.82, 2.24) is 4.90 Å². The second-order valence-electron chi connectivity index (χ2n) is 7.94. The van der Waals surface area contributed by atoms with Crippen molar-refractivity contribution in [3.8, 4) is 5.75 Å². The summed E-state index contributed by atoms with van der Waals surface area (Å²) in [7, 11) is 0. The first-order valence-electron chi connectivity index (χ1n) is 11.1. The fraction of sp³-hybridized carbons (Fsp3) is 0.417. The number of hydrogen-bond acceptors (Lipinski definition) is 6. The molecular formula is C24H29N2O5S+. The zero-order valence-corrected chi connectivity index (χ0v) is 19.0. The fourth-order valence-corrected chi connectivity index (χ4v) is 5.03. The summed E-state index contributed by atoms with van der Waals surface area (Å²) in [5.41, 5.74) is 0.900. The molecule has 4 rings (SSSR count). The van der Waals surface area contributed by atoms with Crippen molar-refractivity contribution < 1.29 is 29.1 Å². The summed E-state index contributed by atoms with van der Waals surface area (Å²) in [6, 6.07) is 10.3. The molecule has 0 unspecified atom stereocenters. The predicted octanol–water partition coefficient (Wildman–Crippen LogP) is 2.03. The van der Waals surface area contributed by atoms with E-state index in [1.54, 1.807) is 17.0 Å². The highest BCUT2D eigenvalue weighted by Crippen LogP contribution is 2.40. The Labute approximate surface area is 191 Å². The first-order valence-corrected chi connectivity index (χ1v) is 11.9. The maximum Gasteiger partial charge on any atom is 0.290 e. The first-order chi connectivity index (χ1) is 15.6. The van der Waals surface area contributed by atoms with Crippen LogP contribution in [-0.4, -0.2) is 67.7 Å². The third kappa shape index (κ3) is 4.72. The molecule has 2 aliphatic heterocycles. The van der Waals surface area contributed by atoms with Gasteiger partial charge in [0, 0.05) is 13.0 Å². The Morgan fingerprint density at radius 3 is 2.81 bits per heavy atom. The molecule has 1 aromatic heterocycles. The summed E-state index contributed by atoms with van der Waals surface area (Å²) < 4.78 is 11.1. The Hall–Kier alpha value is -2.68. The summed E-state index contributed by atoms with van der Waals surface area (Å²) in [6.45, 7) is 7.22. The van der Waals surface area contributed by atoms with Gasteiger partial charge >= 0.3 is 0 Å². The van der Waals surface area contributed by atoms with Crippen molar-refractivity contribution in [2.75, 3.05) is 46.0 Å². The van der Waals surface area contributed by atoms with Crippen LogP contribution in [0.3, 0.4) is 0 Å². The average molecular weight is 458 g/mol. The molecule has 1 saturated heterocycles. The highest BCUT2D eigenvalue weighted by atomic mass is 32.1. The van der Waals surface area contributed by atoms with E-state index < -0.39 is 17.7 Å². The smallest absolute Gasteiger partial charge is 0.290 e. The van der Waals surface area contributed by atoms with Gasteiger partial charge in [-0.05, 0) is 36.1 Å². The fourth-order valence-electron chi connectivity index (χ4n) is 4.35. The van der Waals surface area contributed by atoms with Crippen molar-refractivity contribution in [1.29, 1.82) is 0 Å². The van der Waals surface area contributed by atoms with E-state index in [0.29, 0.717) is 23.8 Å². The van der Waals surface area contributed by atoms with Crippen LogP contribution in [0.1, 0.15) is 34.6 Å². The summed E-state index contributed by atoms with van der Waals surface area (Å²) in [5.74, 6) is -0.578. The van der Waals surface area contributed by atoms with Crippen LogP contribution in [0.15, 0.2) is 53.1 Å². The number of benzene rings is 1.